The van der Waals surface area contributed by atoms with Crippen LogP contribution in [-0.4, -0.2) is 4.57 Å². The number of aryl methyl sites for hydroxylation is 1. The Kier molecular flexibility index (Phi) is 1.89. The highest BCUT2D eigenvalue weighted by Gasteiger charge is 1.97. The monoisotopic (exact) mass is 187 g/mol. The van der Waals surface area contributed by atoms with Crippen LogP contribution in [0.5, 0.6) is 0 Å². The number of rotatable bonds is 1. The largest absolute Gasteiger partial charge is 0.284 e. The summed E-state index contributed by atoms with van der Waals surface area (Å²) in [5.74, 6) is 0. The maximum Gasteiger partial charge on any atom is 0.255 e. The molecule has 1 heterocycles. The molecule has 2 rings (SSSR count). The first-order valence-electron chi connectivity index (χ1n) is 4.93. The second-order valence-electron chi connectivity index (χ2n) is 3.17. The Balaban J connectivity index is 2.58. The summed E-state index contributed by atoms with van der Waals surface area (Å²) in [5.41, 5.74) is 1.77. The van der Waals surface area contributed by atoms with Crippen molar-refractivity contribution in [2.45, 2.75) is 6.92 Å². The van der Waals surface area contributed by atoms with Crippen molar-refractivity contribution in [3.63, 3.8) is 0 Å². The zero-order chi connectivity index (χ0) is 10.8. The third kappa shape index (κ3) is 1.59. The standard InChI is InChI=1S/C12H11NO/c1-10-7-8-12(14)13(9-10)11-5-3-2-4-6-11/h2-9H,1H3/i2T. The predicted octanol–water partition coefficient (Wildman–Crippen LogP) is 2.15. The quantitative estimate of drug-likeness (QED) is 0.670. The molecule has 0 radical (unpaired) electrons. The molecule has 0 fully saturated rings. The Bertz CT molecular complexity index is 528. The molecule has 2 nitrogen and oxygen atoms in total. The molecule has 0 N–H and O–H groups in total. The first-order chi connectivity index (χ1) is 7.16. The Morgan fingerprint density at radius 3 is 2.64 bits per heavy atom. The summed E-state index contributed by atoms with van der Waals surface area (Å²) in [6.07, 6.45) is 1.79. The van der Waals surface area contributed by atoms with Crippen LogP contribution >= 0.6 is 0 Å². The van der Waals surface area contributed by atoms with E-state index in [1.54, 1.807) is 47.2 Å². The van der Waals surface area contributed by atoms with Gasteiger partial charge in [0.1, 0.15) is 0 Å². The molecular weight excluding hydrogens is 174 g/mol. The number of pyridine rings is 1. The van der Waals surface area contributed by atoms with Gasteiger partial charge in [-0.1, -0.05) is 24.2 Å². The van der Waals surface area contributed by atoms with Crippen LogP contribution in [0, 0.1) is 6.92 Å². The van der Waals surface area contributed by atoms with E-state index in [9.17, 15) is 4.79 Å². The molecule has 0 atom stereocenters. The second-order valence-corrected chi connectivity index (χ2v) is 3.17. The normalized spacial score (nSPS) is 11.1. The maximum absolute atomic E-state index is 11.6. The summed E-state index contributed by atoms with van der Waals surface area (Å²) in [6.45, 7) is 1.94. The molecule has 0 saturated heterocycles. The highest BCUT2D eigenvalue weighted by Crippen LogP contribution is 2.04. The van der Waals surface area contributed by atoms with E-state index in [0.29, 0.717) is 6.04 Å². The van der Waals surface area contributed by atoms with Crippen LogP contribution in [0.2, 0.25) is 0 Å². The van der Waals surface area contributed by atoms with Crippen molar-refractivity contribution in [2.75, 3.05) is 0 Å². The van der Waals surface area contributed by atoms with Crippen LogP contribution in [0.3, 0.4) is 0 Å². The lowest BCUT2D eigenvalue weighted by Crippen LogP contribution is -2.16. The number of para-hydroxylation sites is 1. The third-order valence-electron chi connectivity index (χ3n) is 2.04. The zero-order valence-electron chi connectivity index (χ0n) is 8.90. The van der Waals surface area contributed by atoms with Crippen molar-refractivity contribution >= 4 is 0 Å². The number of hydrogen-bond acceptors (Lipinski definition) is 1. The van der Waals surface area contributed by atoms with Crippen molar-refractivity contribution in [1.29, 1.82) is 0 Å². The zero-order valence-corrected chi connectivity index (χ0v) is 7.90. The van der Waals surface area contributed by atoms with E-state index in [0.717, 1.165) is 11.3 Å². The number of nitrogens with zero attached hydrogens (tertiary/aromatic N) is 1. The molecule has 0 aliphatic heterocycles. The van der Waals surface area contributed by atoms with Gasteiger partial charge >= 0.3 is 0 Å². The van der Waals surface area contributed by atoms with Gasteiger partial charge in [-0.15, -0.1) is 0 Å². The van der Waals surface area contributed by atoms with Crippen LogP contribution in [0.25, 0.3) is 5.69 Å². The van der Waals surface area contributed by atoms with Gasteiger partial charge in [0.05, 0.1) is 1.37 Å². The Morgan fingerprint density at radius 2 is 1.93 bits per heavy atom. The second kappa shape index (κ2) is 3.50. The smallest absolute Gasteiger partial charge is 0.255 e. The molecule has 2 aromatic rings. The number of benzene rings is 1. The first-order valence-corrected chi connectivity index (χ1v) is 4.43. The molecule has 0 amide bonds. The van der Waals surface area contributed by atoms with Gasteiger partial charge in [0.25, 0.3) is 5.56 Å². The fourth-order valence-electron chi connectivity index (χ4n) is 1.33. The van der Waals surface area contributed by atoms with Gasteiger partial charge in [-0.3, -0.25) is 9.36 Å². The highest BCUT2D eigenvalue weighted by molar-refractivity contribution is 5.32. The molecule has 14 heavy (non-hydrogen) atoms. The average Bonchev–Trinajstić information content (AvgIpc) is 2.23. The lowest BCUT2D eigenvalue weighted by molar-refractivity contribution is 0.976. The molecule has 70 valence electrons. The van der Waals surface area contributed by atoms with Crippen molar-refractivity contribution in [3.8, 4) is 5.69 Å². The Hall–Kier alpha value is -1.83. The molecule has 1 aromatic carbocycles. The van der Waals surface area contributed by atoms with Crippen molar-refractivity contribution in [3.05, 3.63) is 64.6 Å². The predicted molar refractivity (Wildman–Crippen MR) is 56.8 cm³/mol. The van der Waals surface area contributed by atoms with Crippen molar-refractivity contribution in [2.24, 2.45) is 0 Å². The van der Waals surface area contributed by atoms with Crippen LogP contribution in [-0.2, 0) is 0 Å². The minimum atomic E-state index is -0.0571. The summed E-state index contributed by atoms with van der Waals surface area (Å²) in [6, 6.07) is 10.7. The van der Waals surface area contributed by atoms with E-state index >= 15 is 0 Å². The van der Waals surface area contributed by atoms with Crippen molar-refractivity contribution < 1.29 is 1.37 Å². The van der Waals surface area contributed by atoms with Gasteiger partial charge in [-0.05, 0) is 24.6 Å². The Morgan fingerprint density at radius 1 is 1.21 bits per heavy atom. The molecule has 2 heteroatoms. The van der Waals surface area contributed by atoms with Crippen LogP contribution < -0.4 is 5.56 Å². The SMILES string of the molecule is [3H]c1ccc(-n2cc(C)ccc2=O)cc1. The highest BCUT2D eigenvalue weighted by atomic mass is 16.1. The molecule has 0 saturated carbocycles. The van der Waals surface area contributed by atoms with E-state index in [1.165, 1.54) is 0 Å². The van der Waals surface area contributed by atoms with E-state index in [-0.39, 0.29) is 5.56 Å². The minimum Gasteiger partial charge on any atom is -0.284 e. The van der Waals surface area contributed by atoms with E-state index in [4.69, 9.17) is 1.37 Å². The van der Waals surface area contributed by atoms with E-state index in [1.807, 2.05) is 6.92 Å². The summed E-state index contributed by atoms with van der Waals surface area (Å²) in [4.78, 5) is 11.6. The van der Waals surface area contributed by atoms with Crippen LogP contribution in [0.4, 0.5) is 0 Å². The Labute approximate surface area is 83.8 Å². The molecule has 0 aliphatic carbocycles. The van der Waals surface area contributed by atoms with Gasteiger partial charge in [-0.25, -0.2) is 0 Å². The topological polar surface area (TPSA) is 22.0 Å². The molecule has 0 aliphatic rings. The minimum absolute atomic E-state index is 0.0571. The summed E-state index contributed by atoms with van der Waals surface area (Å²) < 4.78 is 8.94. The van der Waals surface area contributed by atoms with Gasteiger partial charge < -0.3 is 0 Å². The molecule has 1 aromatic heterocycles. The lowest BCUT2D eigenvalue weighted by atomic mass is 10.3. The maximum atomic E-state index is 11.6. The first kappa shape index (κ1) is 7.56. The van der Waals surface area contributed by atoms with Crippen LogP contribution in [0.15, 0.2) is 53.4 Å². The fraction of sp³-hybridized carbons (Fsp3) is 0.0833. The molecule has 0 unspecified atom stereocenters. The number of hydrogen-bond donors (Lipinski definition) is 0. The number of aromatic nitrogens is 1. The molecule has 0 bridgehead atoms. The summed E-state index contributed by atoms with van der Waals surface area (Å²) >= 11 is 0. The van der Waals surface area contributed by atoms with E-state index in [2.05, 4.69) is 0 Å². The third-order valence-corrected chi connectivity index (χ3v) is 2.04. The summed E-state index contributed by atoms with van der Waals surface area (Å²) in [7, 11) is 0. The lowest BCUT2D eigenvalue weighted by Gasteiger charge is -2.05. The average molecular weight is 187 g/mol. The van der Waals surface area contributed by atoms with Gasteiger partial charge in [0.2, 0.25) is 0 Å². The van der Waals surface area contributed by atoms with Gasteiger partial charge in [0.15, 0.2) is 0 Å². The van der Waals surface area contributed by atoms with E-state index < -0.39 is 0 Å². The summed E-state index contributed by atoms with van der Waals surface area (Å²) in [5, 5.41) is 0. The molecule has 0 spiro atoms. The van der Waals surface area contributed by atoms with Gasteiger partial charge in [-0.2, -0.15) is 0 Å². The van der Waals surface area contributed by atoms with Gasteiger partial charge in [0, 0.05) is 18.0 Å². The molecular formula is C12H11NO. The van der Waals surface area contributed by atoms with Crippen LogP contribution in [0.1, 0.15) is 6.93 Å². The van der Waals surface area contributed by atoms with Crippen molar-refractivity contribution in [1.82, 2.24) is 4.57 Å². The fourth-order valence-corrected chi connectivity index (χ4v) is 1.33.